The number of amides is 1. The van der Waals surface area contributed by atoms with Gasteiger partial charge in [-0.05, 0) is 18.9 Å². The Hall–Kier alpha value is -1.35. The third-order valence-electron chi connectivity index (χ3n) is 2.98. The molecular formula is C14H21NO2. The van der Waals surface area contributed by atoms with Gasteiger partial charge in [0.25, 0.3) is 0 Å². The minimum Gasteiger partial charge on any atom is -0.396 e. The number of aliphatic hydroxyl groups is 1. The number of rotatable bonds is 5. The highest BCUT2D eigenvalue weighted by atomic mass is 16.3. The summed E-state index contributed by atoms with van der Waals surface area (Å²) in [6.45, 7) is 4.47. The van der Waals surface area contributed by atoms with E-state index in [0.717, 1.165) is 5.56 Å². The minimum absolute atomic E-state index is 0.00979. The predicted octanol–water partition coefficient (Wildman–Crippen LogP) is 1.97. The zero-order valence-corrected chi connectivity index (χ0v) is 10.8. The number of nitrogens with zero attached hydrogens (tertiary/aromatic N) is 1. The highest BCUT2D eigenvalue weighted by Gasteiger charge is 2.19. The Morgan fingerprint density at radius 1 is 1.35 bits per heavy atom. The van der Waals surface area contributed by atoms with E-state index in [1.807, 2.05) is 38.1 Å². The molecule has 0 saturated heterocycles. The molecule has 94 valence electrons. The Balaban J connectivity index is 2.62. The standard InChI is InChI=1S/C14H21NO2/c1-4-13(10-16)14(17)15(3)9-12-7-5-11(2)6-8-12/h5-8,13,16H,4,9-10H2,1-3H3. The van der Waals surface area contributed by atoms with E-state index in [1.165, 1.54) is 5.56 Å². The maximum Gasteiger partial charge on any atom is 0.228 e. The first-order valence-corrected chi connectivity index (χ1v) is 5.99. The van der Waals surface area contributed by atoms with Crippen molar-refractivity contribution in [3.63, 3.8) is 0 Å². The summed E-state index contributed by atoms with van der Waals surface area (Å²) in [6.07, 6.45) is 0.674. The van der Waals surface area contributed by atoms with Crippen LogP contribution >= 0.6 is 0 Å². The van der Waals surface area contributed by atoms with E-state index >= 15 is 0 Å². The van der Waals surface area contributed by atoms with Crippen LogP contribution in [0.2, 0.25) is 0 Å². The molecular weight excluding hydrogens is 214 g/mol. The van der Waals surface area contributed by atoms with Gasteiger partial charge in [0.05, 0.1) is 12.5 Å². The quantitative estimate of drug-likeness (QED) is 0.847. The largest absolute Gasteiger partial charge is 0.396 e. The molecule has 1 atom stereocenters. The first-order valence-electron chi connectivity index (χ1n) is 5.99. The van der Waals surface area contributed by atoms with E-state index in [9.17, 15) is 4.79 Å². The maximum atomic E-state index is 11.9. The van der Waals surface area contributed by atoms with Crippen LogP contribution in [0, 0.1) is 12.8 Å². The van der Waals surface area contributed by atoms with Crippen molar-refractivity contribution in [1.29, 1.82) is 0 Å². The number of carbonyl (C=O) groups excluding carboxylic acids is 1. The molecule has 3 nitrogen and oxygen atoms in total. The van der Waals surface area contributed by atoms with Crippen molar-refractivity contribution < 1.29 is 9.90 Å². The third kappa shape index (κ3) is 3.86. The molecule has 0 aliphatic heterocycles. The summed E-state index contributed by atoms with van der Waals surface area (Å²) in [7, 11) is 1.78. The highest BCUT2D eigenvalue weighted by Crippen LogP contribution is 2.10. The smallest absolute Gasteiger partial charge is 0.228 e. The van der Waals surface area contributed by atoms with Crippen LogP contribution in [0.25, 0.3) is 0 Å². The third-order valence-corrected chi connectivity index (χ3v) is 2.98. The SMILES string of the molecule is CCC(CO)C(=O)N(C)Cc1ccc(C)cc1. The van der Waals surface area contributed by atoms with E-state index in [-0.39, 0.29) is 18.4 Å². The Morgan fingerprint density at radius 3 is 2.41 bits per heavy atom. The molecule has 1 aromatic carbocycles. The number of carbonyl (C=O) groups is 1. The summed E-state index contributed by atoms with van der Waals surface area (Å²) in [5.41, 5.74) is 2.32. The van der Waals surface area contributed by atoms with Crippen LogP contribution in [0.4, 0.5) is 0 Å². The van der Waals surface area contributed by atoms with Crippen LogP contribution in [0.3, 0.4) is 0 Å². The Morgan fingerprint density at radius 2 is 1.94 bits per heavy atom. The summed E-state index contributed by atoms with van der Waals surface area (Å²) in [6, 6.07) is 8.13. The number of hydrogen-bond donors (Lipinski definition) is 1. The molecule has 0 aromatic heterocycles. The average Bonchev–Trinajstić information content (AvgIpc) is 2.33. The number of aliphatic hydroxyl groups excluding tert-OH is 1. The fraction of sp³-hybridized carbons (Fsp3) is 0.500. The van der Waals surface area contributed by atoms with Gasteiger partial charge in [-0.3, -0.25) is 4.79 Å². The molecule has 0 spiro atoms. The van der Waals surface area contributed by atoms with Crippen molar-refractivity contribution in [1.82, 2.24) is 4.90 Å². The van der Waals surface area contributed by atoms with Gasteiger partial charge in [-0.15, -0.1) is 0 Å². The first-order chi connectivity index (χ1) is 8.08. The van der Waals surface area contributed by atoms with Crippen molar-refractivity contribution >= 4 is 5.91 Å². The van der Waals surface area contributed by atoms with E-state index < -0.39 is 0 Å². The lowest BCUT2D eigenvalue weighted by molar-refractivity contribution is -0.136. The number of benzene rings is 1. The Labute approximate surface area is 103 Å². The Bertz CT molecular complexity index is 355. The molecule has 0 heterocycles. The molecule has 1 unspecified atom stereocenters. The van der Waals surface area contributed by atoms with Crippen LogP contribution in [0.5, 0.6) is 0 Å². The zero-order chi connectivity index (χ0) is 12.8. The van der Waals surface area contributed by atoms with E-state index in [2.05, 4.69) is 0 Å². The Kier molecular flexibility index (Phi) is 5.16. The van der Waals surface area contributed by atoms with Gasteiger partial charge in [0.15, 0.2) is 0 Å². The normalized spacial score (nSPS) is 12.2. The monoisotopic (exact) mass is 235 g/mol. The topological polar surface area (TPSA) is 40.5 Å². The second-order valence-electron chi connectivity index (χ2n) is 4.47. The van der Waals surface area contributed by atoms with Crippen molar-refractivity contribution in [3.8, 4) is 0 Å². The summed E-state index contributed by atoms with van der Waals surface area (Å²) in [4.78, 5) is 13.6. The average molecular weight is 235 g/mol. The van der Waals surface area contributed by atoms with Crippen LogP contribution in [0.1, 0.15) is 24.5 Å². The van der Waals surface area contributed by atoms with Crippen molar-refractivity contribution in [2.75, 3.05) is 13.7 Å². The summed E-state index contributed by atoms with van der Waals surface area (Å²) in [5.74, 6) is -0.263. The van der Waals surface area contributed by atoms with Gasteiger partial charge >= 0.3 is 0 Å². The summed E-state index contributed by atoms with van der Waals surface area (Å²) in [5, 5.41) is 9.10. The predicted molar refractivity (Wildman–Crippen MR) is 68.5 cm³/mol. The maximum absolute atomic E-state index is 11.9. The van der Waals surface area contributed by atoms with Gasteiger partial charge < -0.3 is 10.0 Å². The van der Waals surface area contributed by atoms with E-state index in [1.54, 1.807) is 11.9 Å². The van der Waals surface area contributed by atoms with Crippen molar-refractivity contribution in [2.24, 2.45) is 5.92 Å². The van der Waals surface area contributed by atoms with E-state index in [0.29, 0.717) is 13.0 Å². The first kappa shape index (κ1) is 13.7. The number of aryl methyl sites for hydroxylation is 1. The molecule has 0 fully saturated rings. The summed E-state index contributed by atoms with van der Waals surface area (Å²) < 4.78 is 0. The fourth-order valence-electron chi connectivity index (χ4n) is 1.74. The van der Waals surface area contributed by atoms with Crippen molar-refractivity contribution in [2.45, 2.75) is 26.8 Å². The fourth-order valence-corrected chi connectivity index (χ4v) is 1.74. The number of hydrogen-bond acceptors (Lipinski definition) is 2. The van der Waals surface area contributed by atoms with Gasteiger partial charge in [0.1, 0.15) is 0 Å². The van der Waals surface area contributed by atoms with Crippen molar-refractivity contribution in [3.05, 3.63) is 35.4 Å². The van der Waals surface area contributed by atoms with Gasteiger partial charge in [-0.1, -0.05) is 36.8 Å². The molecule has 3 heteroatoms. The summed E-state index contributed by atoms with van der Waals surface area (Å²) >= 11 is 0. The molecule has 1 aromatic rings. The van der Waals surface area contributed by atoms with Gasteiger partial charge in [-0.25, -0.2) is 0 Å². The lowest BCUT2D eigenvalue weighted by Crippen LogP contribution is -2.33. The zero-order valence-electron chi connectivity index (χ0n) is 10.8. The molecule has 0 saturated carbocycles. The second kappa shape index (κ2) is 6.40. The molecule has 0 aliphatic carbocycles. The molecule has 1 N–H and O–H groups in total. The molecule has 0 bridgehead atoms. The van der Waals surface area contributed by atoms with Crippen LogP contribution in [-0.2, 0) is 11.3 Å². The molecule has 1 rings (SSSR count). The van der Waals surface area contributed by atoms with Gasteiger partial charge in [0.2, 0.25) is 5.91 Å². The minimum atomic E-state index is -0.273. The lowest BCUT2D eigenvalue weighted by Gasteiger charge is -2.21. The molecule has 0 radical (unpaired) electrons. The van der Waals surface area contributed by atoms with E-state index in [4.69, 9.17) is 5.11 Å². The second-order valence-corrected chi connectivity index (χ2v) is 4.47. The molecule has 17 heavy (non-hydrogen) atoms. The molecule has 1 amide bonds. The van der Waals surface area contributed by atoms with Crippen LogP contribution in [0.15, 0.2) is 24.3 Å². The van der Waals surface area contributed by atoms with Crippen LogP contribution in [-0.4, -0.2) is 29.6 Å². The van der Waals surface area contributed by atoms with Gasteiger partial charge in [-0.2, -0.15) is 0 Å². The lowest BCUT2D eigenvalue weighted by atomic mass is 10.1. The molecule has 0 aliphatic rings. The van der Waals surface area contributed by atoms with Crippen LogP contribution < -0.4 is 0 Å². The highest BCUT2D eigenvalue weighted by molar-refractivity contribution is 5.78. The van der Waals surface area contributed by atoms with Gasteiger partial charge in [0, 0.05) is 13.6 Å².